The van der Waals surface area contributed by atoms with Crippen molar-refractivity contribution >= 4 is 17.4 Å². The molecule has 1 unspecified atom stereocenters. The van der Waals surface area contributed by atoms with Gasteiger partial charge in [-0.2, -0.15) is 0 Å². The molecule has 23 heavy (non-hydrogen) atoms. The Bertz CT molecular complexity index is 772. The van der Waals surface area contributed by atoms with E-state index in [1.54, 1.807) is 11.8 Å². The molecule has 0 saturated carbocycles. The Balaban J connectivity index is 1.80. The summed E-state index contributed by atoms with van der Waals surface area (Å²) in [7, 11) is 0. The predicted molar refractivity (Wildman–Crippen MR) is 83.5 cm³/mol. The average Bonchev–Trinajstić information content (AvgIpc) is 3.02. The van der Waals surface area contributed by atoms with E-state index in [0.717, 1.165) is 11.5 Å². The van der Waals surface area contributed by atoms with E-state index in [4.69, 9.17) is 4.74 Å². The quantitative estimate of drug-likeness (QED) is 0.886. The second-order valence-corrected chi connectivity index (χ2v) is 6.04. The number of hydrogen-bond acceptors (Lipinski definition) is 7. The average molecular weight is 335 g/mol. The van der Waals surface area contributed by atoms with Crippen LogP contribution in [0.25, 0.3) is 0 Å². The van der Waals surface area contributed by atoms with Gasteiger partial charge in [-0.1, -0.05) is 11.4 Å². The number of nitrogens with one attached hydrogen (secondary N) is 1. The number of H-pyrrole nitrogens is 1. The van der Waals surface area contributed by atoms with Crippen LogP contribution in [0.15, 0.2) is 10.9 Å². The summed E-state index contributed by atoms with van der Waals surface area (Å²) in [5.74, 6) is 0.353. The number of ether oxygens (including phenoxy) is 1. The summed E-state index contributed by atoms with van der Waals surface area (Å²) in [5, 5.41) is 3.98. The summed E-state index contributed by atoms with van der Waals surface area (Å²) in [5.41, 5.74) is 1.11. The van der Waals surface area contributed by atoms with Crippen molar-refractivity contribution in [2.45, 2.75) is 26.4 Å². The molecule has 0 spiro atoms. The van der Waals surface area contributed by atoms with Crippen molar-refractivity contribution in [2.24, 2.45) is 0 Å². The molecule has 0 aliphatic carbocycles. The largest absolute Gasteiger partial charge is 0.367 e. The van der Waals surface area contributed by atoms with Crippen LogP contribution in [-0.4, -0.2) is 50.1 Å². The summed E-state index contributed by atoms with van der Waals surface area (Å²) in [6, 6.07) is 1.42. The zero-order chi connectivity index (χ0) is 16.4. The molecule has 2 aromatic heterocycles. The molecule has 9 heteroatoms. The van der Waals surface area contributed by atoms with Crippen LogP contribution in [0.1, 0.15) is 39.9 Å². The third-order valence-corrected chi connectivity index (χ3v) is 4.39. The summed E-state index contributed by atoms with van der Waals surface area (Å²) in [6.45, 7) is 4.92. The number of carbonyl (C=O) groups is 1. The Labute approximate surface area is 136 Å². The van der Waals surface area contributed by atoms with Crippen molar-refractivity contribution in [3.63, 3.8) is 0 Å². The number of rotatable bonds is 3. The lowest BCUT2D eigenvalue weighted by Crippen LogP contribution is -2.43. The number of nitrogens with zero attached hydrogens (tertiary/aromatic N) is 4. The van der Waals surface area contributed by atoms with Gasteiger partial charge in [-0.15, -0.1) is 5.10 Å². The van der Waals surface area contributed by atoms with Crippen LogP contribution in [0.3, 0.4) is 0 Å². The molecular formula is C14H17N5O3S. The molecule has 1 aliphatic heterocycles. The highest BCUT2D eigenvalue weighted by Gasteiger charge is 2.29. The number of aromatic nitrogens is 4. The zero-order valence-corrected chi connectivity index (χ0v) is 13.7. The third-order valence-electron chi connectivity index (χ3n) is 3.63. The van der Waals surface area contributed by atoms with Gasteiger partial charge in [0.05, 0.1) is 18.8 Å². The van der Waals surface area contributed by atoms with Crippen LogP contribution >= 0.6 is 11.5 Å². The Kier molecular flexibility index (Phi) is 4.49. The van der Waals surface area contributed by atoms with Gasteiger partial charge in [-0.3, -0.25) is 9.59 Å². The fourth-order valence-electron chi connectivity index (χ4n) is 2.50. The van der Waals surface area contributed by atoms with E-state index in [2.05, 4.69) is 19.6 Å². The number of hydrogen-bond donors (Lipinski definition) is 1. The highest BCUT2D eigenvalue weighted by molar-refractivity contribution is 7.08. The predicted octanol–water partition coefficient (Wildman–Crippen LogP) is 0.706. The Morgan fingerprint density at radius 3 is 3.13 bits per heavy atom. The summed E-state index contributed by atoms with van der Waals surface area (Å²) in [6.07, 6.45) is 0.226. The topological polar surface area (TPSA) is 101 Å². The van der Waals surface area contributed by atoms with Crippen molar-refractivity contribution in [2.75, 3.05) is 19.7 Å². The first-order valence-corrected chi connectivity index (χ1v) is 8.15. The van der Waals surface area contributed by atoms with Crippen molar-refractivity contribution in [3.05, 3.63) is 38.5 Å². The van der Waals surface area contributed by atoms with Crippen LogP contribution in [0, 0.1) is 6.92 Å². The highest BCUT2D eigenvalue weighted by atomic mass is 32.1. The molecule has 8 nitrogen and oxygen atoms in total. The molecule has 1 N–H and O–H groups in total. The van der Waals surface area contributed by atoms with Crippen LogP contribution in [0.5, 0.6) is 0 Å². The van der Waals surface area contributed by atoms with E-state index < -0.39 is 6.10 Å². The number of amides is 1. The maximum atomic E-state index is 12.7. The van der Waals surface area contributed by atoms with Crippen LogP contribution in [0.2, 0.25) is 0 Å². The third kappa shape index (κ3) is 3.30. The van der Waals surface area contributed by atoms with Crippen molar-refractivity contribution in [3.8, 4) is 0 Å². The van der Waals surface area contributed by atoms with Gasteiger partial charge in [-0.25, -0.2) is 4.98 Å². The maximum Gasteiger partial charge on any atom is 0.267 e. The molecule has 1 aliphatic rings. The minimum absolute atomic E-state index is 0.0971. The lowest BCUT2D eigenvalue weighted by atomic mass is 10.2. The molecule has 0 radical (unpaired) electrons. The Morgan fingerprint density at radius 2 is 2.39 bits per heavy atom. The summed E-state index contributed by atoms with van der Waals surface area (Å²) in [4.78, 5) is 33.5. The summed E-state index contributed by atoms with van der Waals surface area (Å²) < 4.78 is 9.54. The second-order valence-electron chi connectivity index (χ2n) is 5.28. The van der Waals surface area contributed by atoms with Crippen molar-refractivity contribution in [1.82, 2.24) is 24.5 Å². The molecule has 1 saturated heterocycles. The van der Waals surface area contributed by atoms with Gasteiger partial charge in [0.15, 0.2) is 0 Å². The van der Waals surface area contributed by atoms with Crippen LogP contribution in [0.4, 0.5) is 0 Å². The number of morpholine rings is 1. The van der Waals surface area contributed by atoms with Gasteiger partial charge in [-0.05, 0) is 24.9 Å². The number of aromatic amines is 1. The smallest absolute Gasteiger partial charge is 0.267 e. The van der Waals surface area contributed by atoms with E-state index in [9.17, 15) is 9.59 Å². The van der Waals surface area contributed by atoms with Gasteiger partial charge >= 0.3 is 0 Å². The van der Waals surface area contributed by atoms with Crippen molar-refractivity contribution < 1.29 is 9.53 Å². The first-order valence-electron chi connectivity index (χ1n) is 7.38. The lowest BCUT2D eigenvalue weighted by Gasteiger charge is -2.32. The fourth-order valence-corrected chi connectivity index (χ4v) is 3.22. The van der Waals surface area contributed by atoms with Gasteiger partial charge in [0.2, 0.25) is 0 Å². The number of carbonyl (C=O) groups excluding carboxylic acids is 1. The lowest BCUT2D eigenvalue weighted by molar-refractivity contribution is -0.0268. The molecule has 2 aromatic rings. The zero-order valence-electron chi connectivity index (χ0n) is 12.9. The SMILES string of the molecule is CCc1nnsc1C(=O)N1CCOC(c2nc(C)cc(=O)[nH]2)C1. The molecular weight excluding hydrogens is 318 g/mol. The first kappa shape index (κ1) is 15.8. The number of aryl methyl sites for hydroxylation is 2. The van der Waals surface area contributed by atoms with E-state index in [-0.39, 0.29) is 11.5 Å². The first-order chi connectivity index (χ1) is 11.1. The normalized spacial score (nSPS) is 18.2. The fraction of sp³-hybridized carbons (Fsp3) is 0.500. The van der Waals surface area contributed by atoms with Crippen LogP contribution < -0.4 is 5.56 Å². The molecule has 1 fully saturated rings. The van der Waals surface area contributed by atoms with Gasteiger partial charge in [0, 0.05) is 18.3 Å². The molecule has 0 aromatic carbocycles. The second kappa shape index (κ2) is 6.55. The molecule has 0 bridgehead atoms. The standard InChI is InChI=1S/C14H17N5O3S/c1-3-9-12(23-18-17-9)14(21)19-4-5-22-10(7-19)13-15-8(2)6-11(20)16-13/h6,10H,3-5,7H2,1-2H3,(H,15,16,20). The Hall–Kier alpha value is -2.13. The minimum Gasteiger partial charge on any atom is -0.367 e. The highest BCUT2D eigenvalue weighted by Crippen LogP contribution is 2.22. The monoisotopic (exact) mass is 335 g/mol. The molecule has 3 rings (SSSR count). The minimum atomic E-state index is -0.439. The molecule has 122 valence electrons. The van der Waals surface area contributed by atoms with E-state index >= 15 is 0 Å². The Morgan fingerprint density at radius 1 is 1.57 bits per heavy atom. The molecule has 1 amide bonds. The van der Waals surface area contributed by atoms with Crippen LogP contribution in [-0.2, 0) is 11.2 Å². The maximum absolute atomic E-state index is 12.7. The van der Waals surface area contributed by atoms with Gasteiger partial charge in [0.1, 0.15) is 16.8 Å². The van der Waals surface area contributed by atoms with E-state index in [1.807, 2.05) is 6.92 Å². The van der Waals surface area contributed by atoms with Gasteiger partial charge in [0.25, 0.3) is 11.5 Å². The van der Waals surface area contributed by atoms with Crippen molar-refractivity contribution in [1.29, 1.82) is 0 Å². The van der Waals surface area contributed by atoms with E-state index in [0.29, 0.717) is 48.2 Å². The summed E-state index contributed by atoms with van der Waals surface area (Å²) >= 11 is 1.11. The van der Waals surface area contributed by atoms with E-state index in [1.165, 1.54) is 6.07 Å². The molecule has 1 atom stereocenters. The molecule has 3 heterocycles. The van der Waals surface area contributed by atoms with Gasteiger partial charge < -0.3 is 14.6 Å².